The predicted octanol–water partition coefficient (Wildman–Crippen LogP) is 3.26. The standard InChI is InChI=1S/C24H28N4O5S/c1-7-33-19(29)12-18(16-9-8-10-17(11-16)32-6)26-22(30)21-15(4)25-23(34-21)20-13(2)14(3)27-28(5)24(20)31/h8-11,18H,7,12H2,1-6H3,(H,26,30)/t18-/m0/s1. The van der Waals surface area contributed by atoms with Gasteiger partial charge in [0.1, 0.15) is 15.6 Å². The van der Waals surface area contributed by atoms with Gasteiger partial charge in [0.05, 0.1) is 43.1 Å². The van der Waals surface area contributed by atoms with E-state index in [1.807, 2.05) is 19.9 Å². The fraction of sp³-hybridized carbons (Fsp3) is 0.375. The number of carbonyl (C=O) groups is 2. The van der Waals surface area contributed by atoms with E-state index in [4.69, 9.17) is 9.47 Å². The van der Waals surface area contributed by atoms with E-state index in [-0.39, 0.29) is 18.6 Å². The minimum atomic E-state index is -0.635. The van der Waals surface area contributed by atoms with E-state index in [0.29, 0.717) is 38.1 Å². The van der Waals surface area contributed by atoms with Crippen molar-refractivity contribution in [3.8, 4) is 16.3 Å². The first kappa shape index (κ1) is 25.1. The molecule has 0 spiro atoms. The van der Waals surface area contributed by atoms with Crippen LogP contribution in [0.15, 0.2) is 29.1 Å². The molecule has 1 aromatic carbocycles. The number of ether oxygens (including phenoxy) is 2. The van der Waals surface area contributed by atoms with Gasteiger partial charge >= 0.3 is 5.97 Å². The summed E-state index contributed by atoms with van der Waals surface area (Å²) in [7, 11) is 3.13. The zero-order valence-corrected chi connectivity index (χ0v) is 20.9. The van der Waals surface area contributed by atoms with E-state index in [1.54, 1.807) is 46.2 Å². The first-order chi connectivity index (χ1) is 16.2. The molecule has 0 aliphatic heterocycles. The average Bonchev–Trinajstić information content (AvgIpc) is 3.18. The first-order valence-corrected chi connectivity index (χ1v) is 11.6. The summed E-state index contributed by atoms with van der Waals surface area (Å²) in [5.74, 6) is -0.210. The molecular formula is C24H28N4O5S. The van der Waals surface area contributed by atoms with Crippen molar-refractivity contribution in [3.05, 3.63) is 62.0 Å². The van der Waals surface area contributed by atoms with Crippen molar-refractivity contribution in [2.75, 3.05) is 13.7 Å². The summed E-state index contributed by atoms with van der Waals surface area (Å²) in [6, 6.07) is 6.52. The zero-order valence-electron chi connectivity index (χ0n) is 20.1. The second kappa shape index (κ2) is 10.6. The Morgan fingerprint density at radius 2 is 1.94 bits per heavy atom. The fourth-order valence-electron chi connectivity index (χ4n) is 3.54. The van der Waals surface area contributed by atoms with Crippen LogP contribution < -0.4 is 15.6 Å². The monoisotopic (exact) mass is 484 g/mol. The Morgan fingerprint density at radius 3 is 2.62 bits per heavy atom. The molecule has 10 heteroatoms. The minimum absolute atomic E-state index is 0.0410. The van der Waals surface area contributed by atoms with E-state index in [2.05, 4.69) is 15.4 Å². The number of hydrogen-bond donors (Lipinski definition) is 1. The van der Waals surface area contributed by atoms with Crippen LogP contribution in [0.3, 0.4) is 0 Å². The van der Waals surface area contributed by atoms with Crippen molar-refractivity contribution in [1.29, 1.82) is 0 Å². The summed E-state index contributed by atoms with van der Waals surface area (Å²) in [6.07, 6.45) is -0.0410. The van der Waals surface area contributed by atoms with Crippen molar-refractivity contribution in [1.82, 2.24) is 20.1 Å². The Labute approximate surface area is 201 Å². The third-order valence-electron chi connectivity index (χ3n) is 5.42. The number of methoxy groups -OCH3 is 1. The van der Waals surface area contributed by atoms with Crippen molar-refractivity contribution in [2.24, 2.45) is 7.05 Å². The molecule has 0 fully saturated rings. The second-order valence-electron chi connectivity index (χ2n) is 7.76. The summed E-state index contributed by atoms with van der Waals surface area (Å²) in [6.45, 7) is 7.32. The maximum Gasteiger partial charge on any atom is 0.308 e. The number of amides is 1. The second-order valence-corrected chi connectivity index (χ2v) is 8.76. The molecular weight excluding hydrogens is 456 g/mol. The molecule has 0 aliphatic carbocycles. The highest BCUT2D eigenvalue weighted by Gasteiger charge is 2.25. The summed E-state index contributed by atoms with van der Waals surface area (Å²) >= 11 is 1.14. The molecule has 1 atom stereocenters. The van der Waals surface area contributed by atoms with E-state index >= 15 is 0 Å². The molecule has 9 nitrogen and oxygen atoms in total. The van der Waals surface area contributed by atoms with Gasteiger partial charge in [-0.2, -0.15) is 5.10 Å². The quantitative estimate of drug-likeness (QED) is 0.488. The van der Waals surface area contributed by atoms with E-state index in [0.717, 1.165) is 16.9 Å². The SMILES string of the molecule is CCOC(=O)C[C@H](NC(=O)c1sc(-c2c(C)c(C)nn(C)c2=O)nc1C)c1cccc(OC)c1. The molecule has 0 saturated carbocycles. The Morgan fingerprint density at radius 1 is 1.21 bits per heavy atom. The highest BCUT2D eigenvalue weighted by Crippen LogP contribution is 2.30. The van der Waals surface area contributed by atoms with Crippen molar-refractivity contribution in [2.45, 2.75) is 40.2 Å². The molecule has 2 heterocycles. The van der Waals surface area contributed by atoms with Crippen molar-refractivity contribution in [3.63, 3.8) is 0 Å². The number of nitrogens with one attached hydrogen (secondary N) is 1. The van der Waals surface area contributed by atoms with Crippen molar-refractivity contribution < 1.29 is 19.1 Å². The molecule has 1 N–H and O–H groups in total. The van der Waals surface area contributed by atoms with Gasteiger partial charge in [-0.1, -0.05) is 12.1 Å². The predicted molar refractivity (Wildman–Crippen MR) is 129 cm³/mol. The molecule has 34 heavy (non-hydrogen) atoms. The average molecular weight is 485 g/mol. The largest absolute Gasteiger partial charge is 0.497 e. The van der Waals surface area contributed by atoms with Gasteiger partial charge in [-0.15, -0.1) is 11.3 Å². The highest BCUT2D eigenvalue weighted by atomic mass is 32.1. The maximum atomic E-state index is 13.3. The normalized spacial score (nSPS) is 11.7. The van der Waals surface area contributed by atoms with Crippen LogP contribution in [0.5, 0.6) is 5.75 Å². The zero-order chi connectivity index (χ0) is 25.0. The van der Waals surface area contributed by atoms with Crippen molar-refractivity contribution >= 4 is 23.2 Å². The third-order valence-corrected chi connectivity index (χ3v) is 6.59. The lowest BCUT2D eigenvalue weighted by Crippen LogP contribution is -2.30. The number of nitrogens with zero attached hydrogens (tertiary/aromatic N) is 3. The Hall–Kier alpha value is -3.53. The molecule has 1 amide bonds. The van der Waals surface area contributed by atoms with Crippen LogP contribution in [0.4, 0.5) is 0 Å². The van der Waals surface area contributed by atoms with Crippen LogP contribution in [-0.4, -0.2) is 40.4 Å². The molecule has 0 saturated heterocycles. The van der Waals surface area contributed by atoms with Crippen LogP contribution in [0.1, 0.15) is 51.6 Å². The molecule has 180 valence electrons. The molecule has 0 bridgehead atoms. The van der Waals surface area contributed by atoms with E-state index in [1.165, 1.54) is 4.68 Å². The molecule has 3 rings (SSSR count). The maximum absolute atomic E-state index is 13.3. The fourth-order valence-corrected chi connectivity index (χ4v) is 4.60. The van der Waals surface area contributed by atoms with Gasteiger partial charge in [0.2, 0.25) is 0 Å². The molecule has 3 aromatic rings. The van der Waals surface area contributed by atoms with Gasteiger partial charge in [-0.3, -0.25) is 14.4 Å². The third kappa shape index (κ3) is 5.33. The van der Waals surface area contributed by atoms with Crippen LogP contribution in [0, 0.1) is 20.8 Å². The van der Waals surface area contributed by atoms with E-state index < -0.39 is 17.9 Å². The summed E-state index contributed by atoms with van der Waals surface area (Å²) in [5, 5.41) is 7.58. The van der Waals surface area contributed by atoms with Gasteiger partial charge in [-0.05, 0) is 51.0 Å². The van der Waals surface area contributed by atoms with Gasteiger partial charge < -0.3 is 14.8 Å². The minimum Gasteiger partial charge on any atom is -0.497 e. The smallest absolute Gasteiger partial charge is 0.308 e. The molecule has 0 unspecified atom stereocenters. The first-order valence-electron chi connectivity index (χ1n) is 10.8. The number of aryl methyl sites for hydroxylation is 3. The Balaban J connectivity index is 1.96. The van der Waals surface area contributed by atoms with Crippen LogP contribution in [0.2, 0.25) is 0 Å². The van der Waals surface area contributed by atoms with Crippen LogP contribution in [0.25, 0.3) is 10.6 Å². The van der Waals surface area contributed by atoms with Gasteiger partial charge in [0, 0.05) is 7.05 Å². The Bertz CT molecular complexity index is 1280. The number of aromatic nitrogens is 3. The van der Waals surface area contributed by atoms with Gasteiger partial charge in [0.15, 0.2) is 0 Å². The molecule has 2 aromatic heterocycles. The van der Waals surface area contributed by atoms with Crippen LogP contribution in [-0.2, 0) is 16.6 Å². The summed E-state index contributed by atoms with van der Waals surface area (Å²) in [4.78, 5) is 43.1. The summed E-state index contributed by atoms with van der Waals surface area (Å²) < 4.78 is 11.7. The number of rotatable bonds is 8. The summed E-state index contributed by atoms with van der Waals surface area (Å²) in [5.41, 5.74) is 2.79. The molecule has 0 radical (unpaired) electrons. The lowest BCUT2D eigenvalue weighted by atomic mass is 10.0. The van der Waals surface area contributed by atoms with E-state index in [9.17, 15) is 14.4 Å². The number of hydrogen-bond acceptors (Lipinski definition) is 8. The number of carbonyl (C=O) groups excluding carboxylic acids is 2. The topological polar surface area (TPSA) is 112 Å². The Kier molecular flexibility index (Phi) is 7.83. The van der Waals surface area contributed by atoms with Gasteiger partial charge in [0.25, 0.3) is 11.5 Å². The number of thiazole rings is 1. The number of esters is 1. The lowest BCUT2D eigenvalue weighted by molar-refractivity contribution is -0.143. The van der Waals surface area contributed by atoms with Crippen LogP contribution >= 0.6 is 11.3 Å². The van der Waals surface area contributed by atoms with Gasteiger partial charge in [-0.25, -0.2) is 9.67 Å². The highest BCUT2D eigenvalue weighted by molar-refractivity contribution is 7.17. The number of benzene rings is 1. The lowest BCUT2D eigenvalue weighted by Gasteiger charge is -2.19. The molecule has 0 aliphatic rings.